The number of hydrogen-bond acceptors (Lipinski definition) is 2. The van der Waals surface area contributed by atoms with Crippen LogP contribution in [0, 0.1) is 12.8 Å². The molecular weight excluding hydrogens is 246 g/mol. The lowest BCUT2D eigenvalue weighted by atomic mass is 10.0. The highest BCUT2D eigenvalue weighted by Gasteiger charge is 2.42. The summed E-state index contributed by atoms with van der Waals surface area (Å²) in [6, 6.07) is 13.2. The molecule has 2 N–H and O–H groups in total. The summed E-state index contributed by atoms with van der Waals surface area (Å²) in [6.07, 6.45) is 2.16. The van der Waals surface area contributed by atoms with Crippen molar-refractivity contribution in [3.63, 3.8) is 0 Å². The Balaban J connectivity index is 1.65. The fourth-order valence-corrected chi connectivity index (χ4v) is 3.20. The topological polar surface area (TPSA) is 43.8 Å². The summed E-state index contributed by atoms with van der Waals surface area (Å²) >= 11 is 0. The van der Waals surface area contributed by atoms with Crippen molar-refractivity contribution in [3.05, 3.63) is 53.3 Å². The van der Waals surface area contributed by atoms with Crippen molar-refractivity contribution in [1.82, 2.24) is 9.78 Å². The van der Waals surface area contributed by atoms with Gasteiger partial charge in [0, 0.05) is 24.7 Å². The molecule has 0 amide bonds. The van der Waals surface area contributed by atoms with Crippen LogP contribution in [0.15, 0.2) is 36.4 Å². The molecule has 0 spiro atoms. The summed E-state index contributed by atoms with van der Waals surface area (Å²) in [6.45, 7) is 5.10. The number of hydrogen-bond donors (Lipinski definition) is 1. The van der Waals surface area contributed by atoms with E-state index >= 15 is 0 Å². The molecule has 1 aromatic carbocycles. The van der Waals surface area contributed by atoms with E-state index in [1.54, 1.807) is 0 Å². The summed E-state index contributed by atoms with van der Waals surface area (Å²) < 4.78 is 2.08. The van der Waals surface area contributed by atoms with Gasteiger partial charge in [0.15, 0.2) is 0 Å². The lowest BCUT2D eigenvalue weighted by Crippen LogP contribution is -2.27. The highest BCUT2D eigenvalue weighted by Crippen LogP contribution is 2.49. The first-order valence-corrected chi connectivity index (χ1v) is 7.53. The Morgan fingerprint density at radius 2 is 2.10 bits per heavy atom. The Labute approximate surface area is 120 Å². The Morgan fingerprint density at radius 3 is 2.80 bits per heavy atom. The van der Waals surface area contributed by atoms with E-state index in [0.29, 0.717) is 11.8 Å². The molecule has 3 rings (SSSR count). The van der Waals surface area contributed by atoms with Crippen LogP contribution in [-0.2, 0) is 13.0 Å². The molecule has 1 saturated carbocycles. The summed E-state index contributed by atoms with van der Waals surface area (Å²) in [5.41, 5.74) is 10.2. The largest absolute Gasteiger partial charge is 0.327 e. The summed E-state index contributed by atoms with van der Waals surface area (Å²) in [5.74, 6) is 1.28. The zero-order valence-corrected chi connectivity index (χ0v) is 12.3. The van der Waals surface area contributed by atoms with Crippen molar-refractivity contribution in [2.24, 2.45) is 11.7 Å². The fraction of sp³-hybridized carbons (Fsp3) is 0.471. The molecule has 3 atom stereocenters. The van der Waals surface area contributed by atoms with Gasteiger partial charge in [0.2, 0.25) is 0 Å². The predicted molar refractivity (Wildman–Crippen MR) is 81.6 cm³/mol. The quantitative estimate of drug-likeness (QED) is 0.907. The minimum Gasteiger partial charge on any atom is -0.327 e. The van der Waals surface area contributed by atoms with Gasteiger partial charge in [-0.15, -0.1) is 0 Å². The van der Waals surface area contributed by atoms with Crippen LogP contribution in [0.4, 0.5) is 0 Å². The maximum atomic E-state index is 6.43. The van der Waals surface area contributed by atoms with E-state index in [-0.39, 0.29) is 6.04 Å². The van der Waals surface area contributed by atoms with Crippen molar-refractivity contribution in [2.45, 2.75) is 45.2 Å². The Morgan fingerprint density at radius 1 is 1.35 bits per heavy atom. The van der Waals surface area contributed by atoms with Crippen molar-refractivity contribution < 1.29 is 0 Å². The molecule has 1 aliphatic rings. The van der Waals surface area contributed by atoms with Gasteiger partial charge in [0.1, 0.15) is 0 Å². The second-order valence-electron chi connectivity index (χ2n) is 5.88. The molecule has 3 nitrogen and oxygen atoms in total. The average molecular weight is 269 g/mol. The monoisotopic (exact) mass is 269 g/mol. The first kappa shape index (κ1) is 13.4. The summed E-state index contributed by atoms with van der Waals surface area (Å²) in [5, 5.41) is 4.50. The van der Waals surface area contributed by atoms with E-state index in [0.717, 1.165) is 18.7 Å². The van der Waals surface area contributed by atoms with Crippen LogP contribution >= 0.6 is 0 Å². The number of rotatable bonds is 5. The zero-order chi connectivity index (χ0) is 14.1. The van der Waals surface area contributed by atoms with E-state index in [4.69, 9.17) is 5.73 Å². The van der Waals surface area contributed by atoms with Gasteiger partial charge in [-0.1, -0.05) is 30.3 Å². The maximum absolute atomic E-state index is 6.43. The lowest BCUT2D eigenvalue weighted by molar-refractivity contribution is 0.534. The van der Waals surface area contributed by atoms with Crippen LogP contribution in [0.1, 0.15) is 36.2 Å². The molecule has 1 aliphatic carbocycles. The van der Waals surface area contributed by atoms with Crippen LogP contribution in [-0.4, -0.2) is 15.8 Å². The van der Waals surface area contributed by atoms with Crippen molar-refractivity contribution >= 4 is 0 Å². The minimum atomic E-state index is 0.238. The highest BCUT2D eigenvalue weighted by molar-refractivity contribution is 5.27. The lowest BCUT2D eigenvalue weighted by Gasteiger charge is -2.12. The number of aryl methyl sites for hydroxylation is 2. The smallest absolute Gasteiger partial charge is 0.0596 e. The molecule has 106 valence electrons. The maximum Gasteiger partial charge on any atom is 0.0596 e. The first-order chi connectivity index (χ1) is 9.69. The second kappa shape index (κ2) is 5.41. The van der Waals surface area contributed by atoms with Crippen LogP contribution in [0.25, 0.3) is 0 Å². The van der Waals surface area contributed by atoms with Gasteiger partial charge in [-0.25, -0.2) is 0 Å². The predicted octanol–water partition coefficient (Wildman–Crippen LogP) is 2.88. The summed E-state index contributed by atoms with van der Waals surface area (Å²) in [4.78, 5) is 0. The number of nitrogens with two attached hydrogens (primary N) is 1. The van der Waals surface area contributed by atoms with E-state index in [1.165, 1.54) is 17.7 Å². The molecule has 1 heterocycles. The Kier molecular flexibility index (Phi) is 3.62. The van der Waals surface area contributed by atoms with Gasteiger partial charge < -0.3 is 5.73 Å². The molecule has 2 aromatic rings. The number of aromatic nitrogens is 2. The van der Waals surface area contributed by atoms with Crippen LogP contribution < -0.4 is 5.73 Å². The number of nitrogens with zero attached hydrogens (tertiary/aromatic N) is 2. The highest BCUT2D eigenvalue weighted by atomic mass is 15.3. The molecular formula is C17H23N3. The van der Waals surface area contributed by atoms with Gasteiger partial charge in [0.25, 0.3) is 0 Å². The molecule has 1 aromatic heterocycles. The number of benzene rings is 1. The Hall–Kier alpha value is -1.61. The van der Waals surface area contributed by atoms with Crippen molar-refractivity contribution in [3.8, 4) is 0 Å². The zero-order valence-electron chi connectivity index (χ0n) is 12.3. The van der Waals surface area contributed by atoms with E-state index in [2.05, 4.69) is 53.1 Å². The van der Waals surface area contributed by atoms with Gasteiger partial charge >= 0.3 is 0 Å². The molecule has 20 heavy (non-hydrogen) atoms. The standard InChI is InChI=1S/C17H23N3/c1-3-20-14(9-12(2)19-20)10-17(18)16-11-15(16)13-7-5-4-6-8-13/h4-9,15-17H,3,10-11,18H2,1-2H3. The molecule has 0 aliphatic heterocycles. The molecule has 1 fully saturated rings. The minimum absolute atomic E-state index is 0.238. The van der Waals surface area contributed by atoms with Crippen molar-refractivity contribution in [2.75, 3.05) is 0 Å². The third kappa shape index (κ3) is 2.63. The first-order valence-electron chi connectivity index (χ1n) is 7.53. The fourth-order valence-electron chi connectivity index (χ4n) is 3.20. The van der Waals surface area contributed by atoms with Gasteiger partial charge in [-0.2, -0.15) is 5.10 Å². The van der Waals surface area contributed by atoms with Crippen molar-refractivity contribution in [1.29, 1.82) is 0 Å². The van der Waals surface area contributed by atoms with E-state index in [9.17, 15) is 0 Å². The van der Waals surface area contributed by atoms with Gasteiger partial charge in [-0.3, -0.25) is 4.68 Å². The molecule has 3 unspecified atom stereocenters. The second-order valence-corrected chi connectivity index (χ2v) is 5.88. The van der Waals surface area contributed by atoms with Gasteiger partial charge in [-0.05, 0) is 43.7 Å². The Bertz CT molecular complexity index is 573. The average Bonchev–Trinajstić information content (AvgIpc) is 3.18. The van der Waals surface area contributed by atoms with Gasteiger partial charge in [0.05, 0.1) is 5.69 Å². The third-order valence-electron chi connectivity index (χ3n) is 4.35. The molecule has 0 saturated heterocycles. The van der Waals surface area contributed by atoms with E-state index < -0.39 is 0 Å². The van der Waals surface area contributed by atoms with Crippen LogP contribution in [0.2, 0.25) is 0 Å². The van der Waals surface area contributed by atoms with E-state index in [1.807, 2.05) is 6.92 Å². The molecule has 0 bridgehead atoms. The molecule has 3 heteroatoms. The summed E-state index contributed by atoms with van der Waals surface area (Å²) in [7, 11) is 0. The van der Waals surface area contributed by atoms with Crippen LogP contribution in [0.5, 0.6) is 0 Å². The third-order valence-corrected chi connectivity index (χ3v) is 4.35. The van der Waals surface area contributed by atoms with Crippen LogP contribution in [0.3, 0.4) is 0 Å². The molecule has 0 radical (unpaired) electrons. The SMILES string of the molecule is CCn1nc(C)cc1CC(N)C1CC1c1ccccc1. The normalized spacial score (nSPS) is 22.8.